The number of aromatic nitrogens is 5. The van der Waals surface area contributed by atoms with Crippen LogP contribution in [0.2, 0.25) is 0 Å². The van der Waals surface area contributed by atoms with Gasteiger partial charge in [0.25, 0.3) is 11.8 Å². The number of hydrogen-bond donors (Lipinski definition) is 3. The molecule has 0 bridgehead atoms. The van der Waals surface area contributed by atoms with Crippen molar-refractivity contribution in [2.45, 2.75) is 90.2 Å². The Morgan fingerprint density at radius 2 is 1.77 bits per heavy atom. The van der Waals surface area contributed by atoms with Crippen molar-refractivity contribution in [3.63, 3.8) is 0 Å². The Balaban J connectivity index is 0.710. The highest BCUT2D eigenvalue weighted by Gasteiger charge is 2.40. The molecule has 0 radical (unpaired) electrons. The van der Waals surface area contributed by atoms with Crippen LogP contribution in [0.4, 0.5) is 10.2 Å². The lowest BCUT2D eigenvalue weighted by Gasteiger charge is -2.40. The SMILES string of the molecule is Cc1cc(-n2cc(C(=O)N(C)C3CCCC(CN4CCN(Cc5ccc(COc6cccc7c6CN([C@@H]6CCC(=O)NC6=O)C7=O)cc5)CC4)C3)c3ccc(N[C@@H](C)c4ccc(F)cn4)nc32)n[nH]1. The lowest BCUT2D eigenvalue weighted by atomic mass is 9.84. The van der Waals surface area contributed by atoms with E-state index in [1.807, 2.05) is 60.8 Å². The summed E-state index contributed by atoms with van der Waals surface area (Å²) in [4.78, 5) is 69.7. The van der Waals surface area contributed by atoms with Crippen molar-refractivity contribution in [3.05, 3.63) is 130 Å². The van der Waals surface area contributed by atoms with E-state index in [4.69, 9.17) is 9.72 Å². The number of piperazine rings is 1. The summed E-state index contributed by atoms with van der Waals surface area (Å²) in [7, 11) is 1.94. The van der Waals surface area contributed by atoms with E-state index in [0.717, 1.165) is 87.2 Å². The zero-order valence-electron chi connectivity index (χ0n) is 39.3. The molecule has 7 heterocycles. The Kier molecular flexibility index (Phi) is 13.0. The summed E-state index contributed by atoms with van der Waals surface area (Å²) in [6.45, 7) is 10.4. The fraction of sp³-hybridized carbons (Fsp3) is 0.404. The molecule has 3 N–H and O–H groups in total. The highest BCUT2D eigenvalue weighted by Crippen LogP contribution is 2.35. The molecular weight excluding hydrogens is 878 g/mol. The van der Waals surface area contributed by atoms with Crippen molar-refractivity contribution >= 4 is 40.5 Å². The van der Waals surface area contributed by atoms with Gasteiger partial charge in [-0.1, -0.05) is 36.8 Å². The van der Waals surface area contributed by atoms with Crippen molar-refractivity contribution in [1.82, 2.24) is 49.6 Å². The number of carbonyl (C=O) groups is 4. The molecule has 3 aliphatic heterocycles. The lowest BCUT2D eigenvalue weighted by molar-refractivity contribution is -0.136. The topological polar surface area (TPSA) is 174 Å². The number of imide groups is 1. The van der Waals surface area contributed by atoms with Gasteiger partial charge in [0.2, 0.25) is 11.8 Å². The molecule has 69 heavy (non-hydrogen) atoms. The minimum Gasteiger partial charge on any atom is -0.489 e. The van der Waals surface area contributed by atoms with E-state index in [2.05, 4.69) is 59.9 Å². The van der Waals surface area contributed by atoms with Crippen LogP contribution in [-0.4, -0.2) is 120 Å². The summed E-state index contributed by atoms with van der Waals surface area (Å²) in [6, 6.07) is 21.9. The second-order valence-electron chi connectivity index (χ2n) is 19.1. The minimum absolute atomic E-state index is 0.0330. The number of nitrogens with one attached hydrogen (secondary N) is 3. The van der Waals surface area contributed by atoms with Gasteiger partial charge in [-0.2, -0.15) is 5.10 Å². The van der Waals surface area contributed by atoms with E-state index in [9.17, 15) is 23.6 Å². The van der Waals surface area contributed by atoms with Crippen LogP contribution in [0.15, 0.2) is 85.2 Å². The molecule has 2 aromatic carbocycles. The standard InChI is InChI=1S/C52H58FN11O5/c1-32-24-47(59-58-32)64-30-42(39-15-18-46(56-49(39)64)55-33(2)43-16-14-37(53)26-54-43)51(67)60(3)38-7-4-6-36(25-38)28-62-22-20-61(21-23-62)27-34-10-12-35(13-11-34)31-69-45-9-5-8-40-41(45)29-63(52(40)68)44-17-19-48(65)57-50(44)66/h5,8-16,18,24,26,30,33,36,38,44H,4,6-7,17,19-23,25,27-29,31H2,1-3H3,(H,55,56)(H,58,59)(H,57,65,66)/t33-,36?,38?,44+/m0/s1. The zero-order chi connectivity index (χ0) is 47.8. The van der Waals surface area contributed by atoms with Crippen LogP contribution in [0.1, 0.15) is 100 Å². The normalized spacial score (nSPS) is 20.5. The smallest absolute Gasteiger partial charge is 0.256 e. The summed E-state index contributed by atoms with van der Waals surface area (Å²) in [5.41, 5.74) is 6.33. The summed E-state index contributed by atoms with van der Waals surface area (Å²) < 4.78 is 21.7. The number of pyridine rings is 2. The molecule has 4 aromatic heterocycles. The Morgan fingerprint density at radius 1 is 0.971 bits per heavy atom. The van der Waals surface area contributed by atoms with Gasteiger partial charge in [0.15, 0.2) is 5.82 Å². The molecular formula is C52H58FN11O5. The van der Waals surface area contributed by atoms with Gasteiger partial charge in [-0.15, -0.1) is 0 Å². The van der Waals surface area contributed by atoms with Crippen LogP contribution in [-0.2, 0) is 29.3 Å². The number of halogens is 1. The molecule has 4 aliphatic rings. The molecule has 4 amide bonds. The number of piperidine rings is 1. The van der Waals surface area contributed by atoms with Gasteiger partial charge in [-0.3, -0.25) is 44.0 Å². The molecule has 6 aromatic rings. The summed E-state index contributed by atoms with van der Waals surface area (Å²) in [5.74, 6) is 1.00. The van der Waals surface area contributed by atoms with Crippen molar-refractivity contribution in [2.24, 2.45) is 5.92 Å². The van der Waals surface area contributed by atoms with E-state index in [1.165, 1.54) is 17.8 Å². The number of nitrogens with zero attached hydrogens (tertiary/aromatic N) is 8. The first-order valence-corrected chi connectivity index (χ1v) is 24.1. The molecule has 2 unspecified atom stereocenters. The third-order valence-electron chi connectivity index (χ3n) is 14.3. The van der Waals surface area contributed by atoms with Gasteiger partial charge < -0.3 is 24.8 Å². The predicted octanol–water partition coefficient (Wildman–Crippen LogP) is 6.55. The molecule has 17 heteroatoms. The molecule has 1 aliphatic carbocycles. The number of fused-ring (bicyclic) bond motifs is 2. The second kappa shape index (κ2) is 19.6. The number of ether oxygens (including phenoxy) is 1. The third-order valence-corrected chi connectivity index (χ3v) is 14.3. The maximum Gasteiger partial charge on any atom is 0.256 e. The molecule has 2 saturated heterocycles. The van der Waals surface area contributed by atoms with Crippen LogP contribution >= 0.6 is 0 Å². The van der Waals surface area contributed by atoms with Crippen LogP contribution < -0.4 is 15.4 Å². The number of carbonyl (C=O) groups excluding carboxylic acids is 4. The number of rotatable bonds is 14. The fourth-order valence-corrected chi connectivity index (χ4v) is 10.5. The number of aromatic amines is 1. The molecule has 3 fully saturated rings. The van der Waals surface area contributed by atoms with Gasteiger partial charge >= 0.3 is 0 Å². The maximum absolute atomic E-state index is 14.4. The molecule has 4 atom stereocenters. The summed E-state index contributed by atoms with van der Waals surface area (Å²) >= 11 is 0. The predicted molar refractivity (Wildman–Crippen MR) is 257 cm³/mol. The molecule has 358 valence electrons. The average molecular weight is 936 g/mol. The average Bonchev–Trinajstić information content (AvgIpc) is 4.06. The Labute approximate surface area is 400 Å². The van der Waals surface area contributed by atoms with Crippen molar-refractivity contribution in [1.29, 1.82) is 0 Å². The number of amides is 4. The first kappa shape index (κ1) is 45.8. The van der Waals surface area contributed by atoms with E-state index in [1.54, 1.807) is 23.1 Å². The Hall–Kier alpha value is -6.98. The van der Waals surface area contributed by atoms with Gasteiger partial charge in [-0.25, -0.2) is 9.37 Å². The highest BCUT2D eigenvalue weighted by atomic mass is 19.1. The van der Waals surface area contributed by atoms with Crippen LogP contribution in [0.25, 0.3) is 16.9 Å². The third kappa shape index (κ3) is 9.83. The second-order valence-corrected chi connectivity index (χ2v) is 19.1. The lowest BCUT2D eigenvalue weighted by Crippen LogP contribution is -2.52. The number of hydrogen-bond acceptors (Lipinski definition) is 11. The van der Waals surface area contributed by atoms with Crippen LogP contribution in [0, 0.1) is 18.7 Å². The quantitative estimate of drug-likeness (QED) is 0.101. The highest BCUT2D eigenvalue weighted by molar-refractivity contribution is 6.07. The first-order valence-electron chi connectivity index (χ1n) is 24.1. The molecule has 10 rings (SSSR count). The first-order chi connectivity index (χ1) is 33.4. The van der Waals surface area contributed by atoms with E-state index >= 15 is 0 Å². The van der Waals surface area contributed by atoms with Gasteiger partial charge in [-0.05, 0) is 93.0 Å². The van der Waals surface area contributed by atoms with E-state index < -0.39 is 11.9 Å². The van der Waals surface area contributed by atoms with Gasteiger partial charge in [0.1, 0.15) is 35.7 Å². The zero-order valence-corrected chi connectivity index (χ0v) is 39.3. The number of aryl methyl sites for hydroxylation is 1. The van der Waals surface area contributed by atoms with Gasteiger partial charge in [0, 0.05) is 93.2 Å². The number of anilines is 1. The summed E-state index contributed by atoms with van der Waals surface area (Å²) in [6.07, 6.45) is 7.76. The van der Waals surface area contributed by atoms with E-state index in [-0.39, 0.29) is 48.6 Å². The minimum atomic E-state index is -0.669. The monoisotopic (exact) mass is 935 g/mol. The Morgan fingerprint density at radius 3 is 2.52 bits per heavy atom. The van der Waals surface area contributed by atoms with Crippen LogP contribution in [0.5, 0.6) is 5.75 Å². The Bertz CT molecular complexity index is 2870. The van der Waals surface area contributed by atoms with Crippen molar-refractivity contribution in [3.8, 4) is 11.6 Å². The number of H-pyrrole nitrogens is 1. The fourth-order valence-electron chi connectivity index (χ4n) is 10.5. The van der Waals surface area contributed by atoms with E-state index in [0.29, 0.717) is 58.8 Å². The molecule has 16 nitrogen and oxygen atoms in total. The van der Waals surface area contributed by atoms with Crippen molar-refractivity contribution < 1.29 is 28.3 Å². The van der Waals surface area contributed by atoms with Gasteiger partial charge in [0.05, 0.1) is 30.0 Å². The van der Waals surface area contributed by atoms with Crippen LogP contribution in [0.3, 0.4) is 0 Å². The number of benzene rings is 2. The largest absolute Gasteiger partial charge is 0.489 e. The molecule has 0 spiro atoms. The molecule has 1 saturated carbocycles. The summed E-state index contributed by atoms with van der Waals surface area (Å²) in [5, 5.41) is 14.0. The maximum atomic E-state index is 14.4. The van der Waals surface area contributed by atoms with Crippen molar-refractivity contribution in [2.75, 3.05) is 45.1 Å².